The van der Waals surface area contributed by atoms with Gasteiger partial charge in [0.25, 0.3) is 0 Å². The van der Waals surface area contributed by atoms with Crippen LogP contribution in [0.5, 0.6) is 0 Å². The summed E-state index contributed by atoms with van der Waals surface area (Å²) in [6, 6.07) is 4.83. The monoisotopic (exact) mass is 368 g/mol. The van der Waals surface area contributed by atoms with E-state index in [1.807, 2.05) is 20.8 Å². The summed E-state index contributed by atoms with van der Waals surface area (Å²) in [5, 5.41) is 6.50. The zero-order valence-corrected chi connectivity index (χ0v) is 15.5. The summed E-state index contributed by atoms with van der Waals surface area (Å²) in [6.45, 7) is 9.83. The minimum Gasteiger partial charge on any atom is -0.444 e. The molecule has 0 aromatic heterocycles. The number of amides is 1. The molecule has 2 N–H and O–H groups in total. The fourth-order valence-corrected chi connectivity index (χ4v) is 3.36. The molecular weight excluding hydrogens is 344 g/mol. The van der Waals surface area contributed by atoms with Crippen molar-refractivity contribution < 1.29 is 9.53 Å². The van der Waals surface area contributed by atoms with E-state index in [2.05, 4.69) is 52.5 Å². The van der Waals surface area contributed by atoms with Crippen LogP contribution in [0.1, 0.15) is 44.7 Å². The van der Waals surface area contributed by atoms with E-state index < -0.39 is 5.60 Å². The first kappa shape index (κ1) is 17.1. The Hall–Kier alpha value is -1.23. The lowest BCUT2D eigenvalue weighted by Gasteiger charge is -2.37. The van der Waals surface area contributed by atoms with Gasteiger partial charge in [-0.2, -0.15) is 0 Å². The van der Waals surface area contributed by atoms with E-state index in [1.165, 1.54) is 16.8 Å². The Kier molecular flexibility index (Phi) is 5.05. The largest absolute Gasteiger partial charge is 0.444 e. The molecule has 0 heterocycles. The normalized spacial score (nSPS) is 21.0. The Labute approximate surface area is 141 Å². The zero-order chi connectivity index (χ0) is 16.5. The molecule has 0 radical (unpaired) electrons. The second-order valence-corrected chi connectivity index (χ2v) is 7.99. The predicted octanol–water partition coefficient (Wildman–Crippen LogP) is 4.53. The van der Waals surface area contributed by atoms with Crippen molar-refractivity contribution in [3.8, 4) is 0 Å². The van der Waals surface area contributed by atoms with Crippen molar-refractivity contribution in [3.63, 3.8) is 0 Å². The third-order valence-corrected chi connectivity index (χ3v) is 4.16. The number of anilines is 1. The summed E-state index contributed by atoms with van der Waals surface area (Å²) in [5.74, 6) is 0. The van der Waals surface area contributed by atoms with Crippen molar-refractivity contribution in [2.24, 2.45) is 0 Å². The van der Waals surface area contributed by atoms with Crippen molar-refractivity contribution in [3.05, 3.63) is 27.7 Å². The van der Waals surface area contributed by atoms with Gasteiger partial charge >= 0.3 is 6.09 Å². The molecule has 122 valence electrons. The maximum atomic E-state index is 11.7. The highest BCUT2D eigenvalue weighted by molar-refractivity contribution is 9.10. The molecule has 0 atom stereocenters. The minimum absolute atomic E-state index is 0.198. The number of carbonyl (C=O) groups is 1. The highest BCUT2D eigenvalue weighted by Gasteiger charge is 2.32. The van der Waals surface area contributed by atoms with E-state index in [0.29, 0.717) is 6.04 Å². The molecule has 0 unspecified atom stereocenters. The Bertz CT molecular complexity index is 537. The molecule has 1 fully saturated rings. The number of ether oxygens (including phenoxy) is 1. The first-order chi connectivity index (χ1) is 10.1. The van der Waals surface area contributed by atoms with Crippen molar-refractivity contribution in [1.29, 1.82) is 0 Å². The number of aryl methyl sites for hydroxylation is 2. The van der Waals surface area contributed by atoms with Crippen LogP contribution in [-0.4, -0.2) is 23.8 Å². The molecule has 0 saturated heterocycles. The smallest absolute Gasteiger partial charge is 0.407 e. The van der Waals surface area contributed by atoms with Crippen LogP contribution in [0.15, 0.2) is 16.6 Å². The fraction of sp³-hybridized carbons (Fsp3) is 0.588. The highest BCUT2D eigenvalue weighted by atomic mass is 79.9. The van der Waals surface area contributed by atoms with E-state index in [1.54, 1.807) is 0 Å². The van der Waals surface area contributed by atoms with Crippen LogP contribution in [0, 0.1) is 13.8 Å². The molecule has 22 heavy (non-hydrogen) atoms. The topological polar surface area (TPSA) is 50.4 Å². The van der Waals surface area contributed by atoms with Crippen LogP contribution in [0.3, 0.4) is 0 Å². The van der Waals surface area contributed by atoms with Crippen LogP contribution in [0.2, 0.25) is 0 Å². The molecule has 2 rings (SSSR count). The average molecular weight is 369 g/mol. The Morgan fingerprint density at radius 3 is 2.23 bits per heavy atom. The molecule has 1 aromatic carbocycles. The van der Waals surface area contributed by atoms with E-state index >= 15 is 0 Å². The van der Waals surface area contributed by atoms with Crippen LogP contribution in [0.4, 0.5) is 10.5 Å². The molecule has 0 spiro atoms. The first-order valence-electron chi connectivity index (χ1n) is 7.67. The van der Waals surface area contributed by atoms with Crippen LogP contribution in [0.25, 0.3) is 0 Å². The van der Waals surface area contributed by atoms with Crippen LogP contribution >= 0.6 is 15.9 Å². The van der Waals surface area contributed by atoms with Crippen LogP contribution in [-0.2, 0) is 4.74 Å². The summed E-state index contributed by atoms with van der Waals surface area (Å²) in [7, 11) is 0. The Morgan fingerprint density at radius 2 is 1.73 bits per heavy atom. The standard InChI is InChI=1S/C17H25BrN2O2/c1-10-6-12(18)7-11(2)15(10)19-13-8-14(9-13)20-16(21)22-17(3,4)5/h6-7,13-14,19H,8-9H2,1-5H3,(H,20,21). The van der Waals surface area contributed by atoms with Gasteiger partial charge in [0.15, 0.2) is 0 Å². The van der Waals surface area contributed by atoms with Gasteiger partial charge in [-0.05, 0) is 70.7 Å². The molecule has 1 aliphatic rings. The van der Waals surface area contributed by atoms with Crippen molar-refractivity contribution in [2.45, 2.75) is 65.1 Å². The van der Waals surface area contributed by atoms with E-state index in [4.69, 9.17) is 4.74 Å². The summed E-state index contributed by atoms with van der Waals surface area (Å²) >= 11 is 3.52. The molecule has 5 heteroatoms. The molecule has 1 amide bonds. The van der Waals surface area contributed by atoms with Crippen molar-refractivity contribution in [2.75, 3.05) is 5.32 Å². The van der Waals surface area contributed by atoms with Gasteiger partial charge in [0.1, 0.15) is 5.60 Å². The number of hydrogen-bond donors (Lipinski definition) is 2. The lowest BCUT2D eigenvalue weighted by atomic mass is 9.86. The minimum atomic E-state index is -0.447. The van der Waals surface area contributed by atoms with Crippen molar-refractivity contribution in [1.82, 2.24) is 5.32 Å². The molecular formula is C17H25BrN2O2. The second kappa shape index (κ2) is 6.49. The molecule has 1 aliphatic carbocycles. The van der Waals surface area contributed by atoms with Gasteiger partial charge in [0.05, 0.1) is 0 Å². The zero-order valence-electron chi connectivity index (χ0n) is 13.9. The van der Waals surface area contributed by atoms with E-state index in [0.717, 1.165) is 17.3 Å². The number of carbonyl (C=O) groups excluding carboxylic acids is 1. The number of benzene rings is 1. The van der Waals surface area contributed by atoms with E-state index in [-0.39, 0.29) is 12.1 Å². The lowest BCUT2D eigenvalue weighted by molar-refractivity contribution is 0.0475. The number of alkyl carbamates (subject to hydrolysis) is 1. The Balaban J connectivity index is 1.82. The number of halogens is 1. The van der Waals surface area contributed by atoms with Gasteiger partial charge in [-0.25, -0.2) is 4.79 Å². The van der Waals surface area contributed by atoms with E-state index in [9.17, 15) is 4.79 Å². The number of rotatable bonds is 3. The third kappa shape index (κ3) is 4.63. The molecule has 1 saturated carbocycles. The predicted molar refractivity (Wildman–Crippen MR) is 93.4 cm³/mol. The lowest BCUT2D eigenvalue weighted by Crippen LogP contribution is -2.50. The number of nitrogens with one attached hydrogen (secondary N) is 2. The highest BCUT2D eigenvalue weighted by Crippen LogP contribution is 2.30. The van der Waals surface area contributed by atoms with Gasteiger partial charge < -0.3 is 15.4 Å². The summed E-state index contributed by atoms with van der Waals surface area (Å²) in [6.07, 6.45) is 1.52. The molecule has 4 nitrogen and oxygen atoms in total. The van der Waals surface area contributed by atoms with Gasteiger partial charge in [0.2, 0.25) is 0 Å². The second-order valence-electron chi connectivity index (χ2n) is 7.07. The summed E-state index contributed by atoms with van der Waals surface area (Å²) in [4.78, 5) is 11.7. The fourth-order valence-electron chi connectivity index (χ4n) is 2.67. The van der Waals surface area contributed by atoms with Crippen molar-refractivity contribution >= 4 is 27.7 Å². The quantitative estimate of drug-likeness (QED) is 0.823. The Morgan fingerprint density at radius 1 is 1.18 bits per heavy atom. The number of hydrogen-bond acceptors (Lipinski definition) is 3. The van der Waals surface area contributed by atoms with Gasteiger partial charge in [-0.1, -0.05) is 15.9 Å². The molecule has 0 aliphatic heterocycles. The molecule has 1 aromatic rings. The van der Waals surface area contributed by atoms with Crippen LogP contribution < -0.4 is 10.6 Å². The van der Waals surface area contributed by atoms with Gasteiger partial charge in [-0.3, -0.25) is 0 Å². The first-order valence-corrected chi connectivity index (χ1v) is 8.46. The maximum absolute atomic E-state index is 11.7. The molecule has 0 bridgehead atoms. The van der Waals surface area contributed by atoms with Gasteiger partial charge in [-0.15, -0.1) is 0 Å². The summed E-state index contributed by atoms with van der Waals surface area (Å²) < 4.78 is 6.38. The maximum Gasteiger partial charge on any atom is 0.407 e. The average Bonchev–Trinajstić information content (AvgIpc) is 2.27. The van der Waals surface area contributed by atoms with Gasteiger partial charge in [0, 0.05) is 22.2 Å². The SMILES string of the molecule is Cc1cc(Br)cc(C)c1NC1CC(NC(=O)OC(C)(C)C)C1. The summed E-state index contributed by atoms with van der Waals surface area (Å²) in [5.41, 5.74) is 3.21. The third-order valence-electron chi connectivity index (χ3n) is 3.70.